The highest BCUT2D eigenvalue weighted by Gasteiger charge is 2.27. The maximum atomic E-state index is 12.9. The van der Waals surface area contributed by atoms with Gasteiger partial charge in [-0.2, -0.15) is 4.31 Å². The van der Waals surface area contributed by atoms with Crippen LogP contribution in [0.15, 0.2) is 46.2 Å². The molecule has 1 saturated heterocycles. The van der Waals surface area contributed by atoms with Gasteiger partial charge in [-0.25, -0.2) is 16.8 Å². The van der Waals surface area contributed by atoms with E-state index in [4.69, 9.17) is 0 Å². The van der Waals surface area contributed by atoms with Gasteiger partial charge in [-0.1, -0.05) is 30.2 Å². The second kappa shape index (κ2) is 7.85. The van der Waals surface area contributed by atoms with Gasteiger partial charge >= 0.3 is 0 Å². The van der Waals surface area contributed by atoms with E-state index in [2.05, 4.69) is 4.72 Å². The molecule has 0 atom stereocenters. The van der Waals surface area contributed by atoms with Crippen molar-refractivity contribution in [1.82, 2.24) is 4.31 Å². The van der Waals surface area contributed by atoms with Gasteiger partial charge in [-0.3, -0.25) is 4.72 Å². The SMILES string of the molecule is Cc1cc(C)c(S(=O)(=O)Nc2cccc(S(=O)(=O)N3CCCCC3)c2)c(C)c1. The van der Waals surface area contributed by atoms with Crippen LogP contribution in [0.5, 0.6) is 0 Å². The molecule has 6 nitrogen and oxygen atoms in total. The molecule has 0 aromatic heterocycles. The molecular weight excluding hydrogens is 396 g/mol. The van der Waals surface area contributed by atoms with Crippen molar-refractivity contribution < 1.29 is 16.8 Å². The summed E-state index contributed by atoms with van der Waals surface area (Å²) in [5.41, 5.74) is 2.53. The Labute approximate surface area is 167 Å². The van der Waals surface area contributed by atoms with Gasteiger partial charge in [-0.15, -0.1) is 0 Å². The maximum Gasteiger partial charge on any atom is 0.262 e. The topological polar surface area (TPSA) is 83.5 Å². The molecule has 3 rings (SSSR count). The molecule has 0 saturated carbocycles. The lowest BCUT2D eigenvalue weighted by Gasteiger charge is -2.26. The molecule has 0 radical (unpaired) electrons. The number of benzene rings is 2. The lowest BCUT2D eigenvalue weighted by atomic mass is 10.1. The summed E-state index contributed by atoms with van der Waals surface area (Å²) in [4.78, 5) is 0.328. The Balaban J connectivity index is 1.93. The minimum atomic E-state index is -3.84. The van der Waals surface area contributed by atoms with E-state index in [9.17, 15) is 16.8 Å². The number of hydrogen-bond donors (Lipinski definition) is 1. The summed E-state index contributed by atoms with van der Waals surface area (Å²) < 4.78 is 55.6. The van der Waals surface area contributed by atoms with Gasteiger partial charge in [0.05, 0.1) is 15.5 Å². The zero-order valence-electron chi connectivity index (χ0n) is 16.4. The van der Waals surface area contributed by atoms with Crippen molar-refractivity contribution in [2.24, 2.45) is 0 Å². The smallest absolute Gasteiger partial charge is 0.262 e. The summed E-state index contributed by atoms with van der Waals surface area (Å²) in [6.07, 6.45) is 2.72. The second-order valence-corrected chi connectivity index (χ2v) is 10.9. The first-order valence-corrected chi connectivity index (χ1v) is 12.2. The molecule has 2 aromatic rings. The molecule has 0 bridgehead atoms. The zero-order valence-corrected chi connectivity index (χ0v) is 18.0. The molecule has 1 N–H and O–H groups in total. The molecule has 0 spiro atoms. The first-order valence-electron chi connectivity index (χ1n) is 9.32. The molecule has 8 heteroatoms. The average molecular weight is 423 g/mol. The quantitative estimate of drug-likeness (QED) is 0.798. The summed E-state index contributed by atoms with van der Waals surface area (Å²) in [7, 11) is -7.47. The van der Waals surface area contributed by atoms with Gasteiger partial charge in [0.25, 0.3) is 10.0 Å². The standard InChI is InChI=1S/C20H26N2O4S2/c1-15-12-16(2)20(17(3)13-15)27(23,24)21-18-8-7-9-19(14-18)28(25,26)22-10-5-4-6-11-22/h7-9,12-14,21H,4-6,10-11H2,1-3H3. The minimum Gasteiger partial charge on any atom is -0.280 e. The monoisotopic (exact) mass is 422 g/mol. The number of sulfonamides is 2. The van der Waals surface area contributed by atoms with Crippen LogP contribution >= 0.6 is 0 Å². The van der Waals surface area contributed by atoms with Crippen LogP contribution in [0.2, 0.25) is 0 Å². The van der Waals surface area contributed by atoms with Crippen LogP contribution in [-0.4, -0.2) is 34.2 Å². The van der Waals surface area contributed by atoms with Crippen LogP contribution in [0.25, 0.3) is 0 Å². The van der Waals surface area contributed by atoms with Crippen molar-refractivity contribution >= 4 is 25.7 Å². The van der Waals surface area contributed by atoms with Gasteiger partial charge in [0, 0.05) is 13.1 Å². The van der Waals surface area contributed by atoms with Gasteiger partial charge in [0.2, 0.25) is 10.0 Å². The lowest BCUT2D eigenvalue weighted by molar-refractivity contribution is 0.346. The predicted molar refractivity (Wildman–Crippen MR) is 111 cm³/mol. The largest absolute Gasteiger partial charge is 0.280 e. The van der Waals surface area contributed by atoms with Gasteiger partial charge in [0.15, 0.2) is 0 Å². The number of nitrogens with one attached hydrogen (secondary N) is 1. The van der Waals surface area contributed by atoms with Crippen molar-refractivity contribution in [2.75, 3.05) is 17.8 Å². The third kappa shape index (κ3) is 4.24. The molecule has 2 aromatic carbocycles. The molecule has 0 amide bonds. The van der Waals surface area contributed by atoms with E-state index in [1.165, 1.54) is 16.4 Å². The van der Waals surface area contributed by atoms with Crippen LogP contribution in [0.1, 0.15) is 36.0 Å². The molecule has 1 aliphatic rings. The normalized spacial score (nSPS) is 16.1. The lowest BCUT2D eigenvalue weighted by Crippen LogP contribution is -2.35. The van der Waals surface area contributed by atoms with Crippen molar-refractivity contribution in [2.45, 2.75) is 49.8 Å². The summed E-state index contributed by atoms with van der Waals surface area (Å²) in [5.74, 6) is 0. The third-order valence-corrected chi connectivity index (χ3v) is 8.49. The fourth-order valence-corrected chi connectivity index (χ4v) is 6.84. The molecule has 1 aliphatic heterocycles. The maximum absolute atomic E-state index is 12.9. The van der Waals surface area contributed by atoms with E-state index >= 15 is 0 Å². The Morgan fingerprint density at radius 1 is 0.857 bits per heavy atom. The van der Waals surface area contributed by atoms with Gasteiger partial charge in [-0.05, 0) is 62.9 Å². The number of aryl methyl sites for hydroxylation is 3. The van der Waals surface area contributed by atoms with E-state index in [0.717, 1.165) is 24.8 Å². The van der Waals surface area contributed by atoms with Crippen LogP contribution in [0.3, 0.4) is 0 Å². The first-order chi connectivity index (χ1) is 13.1. The van der Waals surface area contributed by atoms with Crippen LogP contribution in [0.4, 0.5) is 5.69 Å². The first kappa shape index (κ1) is 20.8. The number of hydrogen-bond acceptors (Lipinski definition) is 4. The van der Waals surface area contributed by atoms with Crippen LogP contribution in [0, 0.1) is 20.8 Å². The summed E-state index contributed by atoms with van der Waals surface area (Å²) in [5, 5.41) is 0. The molecule has 152 valence electrons. The summed E-state index contributed by atoms with van der Waals surface area (Å²) in [6.45, 7) is 6.43. The van der Waals surface area contributed by atoms with Crippen LogP contribution in [-0.2, 0) is 20.0 Å². The van der Waals surface area contributed by atoms with Gasteiger partial charge < -0.3 is 0 Å². The number of piperidine rings is 1. The molecule has 1 heterocycles. The molecule has 1 fully saturated rings. The highest BCUT2D eigenvalue weighted by atomic mass is 32.2. The minimum absolute atomic E-state index is 0.104. The van der Waals surface area contributed by atoms with Gasteiger partial charge in [0.1, 0.15) is 0 Å². The van der Waals surface area contributed by atoms with Crippen molar-refractivity contribution in [3.8, 4) is 0 Å². The van der Waals surface area contributed by atoms with E-state index in [-0.39, 0.29) is 15.5 Å². The van der Waals surface area contributed by atoms with E-state index in [1.54, 1.807) is 26.0 Å². The molecular formula is C20H26N2O4S2. The third-order valence-electron chi connectivity index (χ3n) is 4.91. The number of nitrogens with zero attached hydrogens (tertiary/aromatic N) is 1. The Morgan fingerprint density at radius 3 is 2.07 bits per heavy atom. The van der Waals surface area contributed by atoms with Crippen molar-refractivity contribution in [3.63, 3.8) is 0 Å². The van der Waals surface area contributed by atoms with E-state index in [0.29, 0.717) is 24.2 Å². The summed E-state index contributed by atoms with van der Waals surface area (Å²) >= 11 is 0. The van der Waals surface area contributed by atoms with Crippen molar-refractivity contribution in [1.29, 1.82) is 0 Å². The zero-order chi connectivity index (χ0) is 20.5. The second-order valence-electron chi connectivity index (χ2n) is 7.33. The Hall–Kier alpha value is -1.90. The highest BCUT2D eigenvalue weighted by Crippen LogP contribution is 2.27. The Bertz CT molecular complexity index is 1060. The fourth-order valence-electron chi connectivity index (χ4n) is 3.77. The van der Waals surface area contributed by atoms with E-state index in [1.807, 2.05) is 19.1 Å². The van der Waals surface area contributed by atoms with Crippen molar-refractivity contribution in [3.05, 3.63) is 53.1 Å². The average Bonchev–Trinajstić information content (AvgIpc) is 2.61. The molecule has 0 unspecified atom stereocenters. The molecule has 28 heavy (non-hydrogen) atoms. The van der Waals surface area contributed by atoms with Crippen LogP contribution < -0.4 is 4.72 Å². The summed E-state index contributed by atoms with van der Waals surface area (Å²) in [6, 6.07) is 9.65. The Kier molecular flexibility index (Phi) is 5.84. The Morgan fingerprint density at radius 2 is 1.46 bits per heavy atom. The number of rotatable bonds is 5. The highest BCUT2D eigenvalue weighted by molar-refractivity contribution is 7.92. The predicted octanol–water partition coefficient (Wildman–Crippen LogP) is 3.59. The van der Waals surface area contributed by atoms with E-state index < -0.39 is 20.0 Å². The fraction of sp³-hybridized carbons (Fsp3) is 0.400. The molecule has 0 aliphatic carbocycles. The number of anilines is 1.